The zero-order valence-corrected chi connectivity index (χ0v) is 16.8. The largest absolute Gasteiger partial charge is 0.489 e. The Morgan fingerprint density at radius 1 is 0.793 bits per heavy atom. The van der Waals surface area contributed by atoms with E-state index in [2.05, 4.69) is 0 Å². The quantitative estimate of drug-likeness (QED) is 0.471. The molecule has 0 heterocycles. The summed E-state index contributed by atoms with van der Waals surface area (Å²) >= 11 is 0. The lowest BCUT2D eigenvalue weighted by Crippen LogP contribution is -2.45. The first-order chi connectivity index (χ1) is 14.1. The Morgan fingerprint density at radius 3 is 1.93 bits per heavy atom. The molecule has 4 nitrogen and oxygen atoms in total. The van der Waals surface area contributed by atoms with E-state index in [1.54, 1.807) is 13.8 Å². The molecule has 0 aliphatic carbocycles. The standard InChI is InChI=1S/C25H26O4/c1-3-27-24(26)25(2,18-20-10-6-4-7-11-20)29-23-16-14-22(15-17-23)28-19-21-12-8-5-9-13-21/h4-17H,3,18-19H2,1-2H3. The van der Waals surface area contributed by atoms with E-state index in [0.717, 1.165) is 16.9 Å². The van der Waals surface area contributed by atoms with Crippen LogP contribution in [0.4, 0.5) is 0 Å². The summed E-state index contributed by atoms with van der Waals surface area (Å²) in [5.41, 5.74) is 0.987. The molecule has 1 unspecified atom stereocenters. The van der Waals surface area contributed by atoms with Crippen LogP contribution in [0.15, 0.2) is 84.9 Å². The molecule has 0 spiro atoms. The second-order valence-electron chi connectivity index (χ2n) is 6.96. The van der Waals surface area contributed by atoms with Crippen LogP contribution in [-0.4, -0.2) is 18.2 Å². The Bertz CT molecular complexity index is 891. The van der Waals surface area contributed by atoms with Crippen molar-refractivity contribution in [3.05, 3.63) is 96.1 Å². The molecule has 0 saturated carbocycles. The van der Waals surface area contributed by atoms with Crippen LogP contribution >= 0.6 is 0 Å². The molecule has 0 aliphatic heterocycles. The molecule has 3 rings (SSSR count). The lowest BCUT2D eigenvalue weighted by molar-refractivity contribution is -0.160. The second kappa shape index (κ2) is 9.78. The molecule has 0 aliphatic rings. The highest BCUT2D eigenvalue weighted by Crippen LogP contribution is 2.26. The van der Waals surface area contributed by atoms with Crippen molar-refractivity contribution in [2.75, 3.05) is 6.61 Å². The molecule has 150 valence electrons. The van der Waals surface area contributed by atoms with Gasteiger partial charge in [-0.1, -0.05) is 60.7 Å². The Kier molecular flexibility index (Phi) is 6.90. The van der Waals surface area contributed by atoms with Gasteiger partial charge in [-0.05, 0) is 49.2 Å². The van der Waals surface area contributed by atoms with E-state index in [1.165, 1.54) is 0 Å². The van der Waals surface area contributed by atoms with Crippen molar-refractivity contribution in [2.24, 2.45) is 0 Å². The van der Waals surface area contributed by atoms with E-state index in [-0.39, 0.29) is 5.97 Å². The van der Waals surface area contributed by atoms with Gasteiger partial charge in [0.25, 0.3) is 0 Å². The van der Waals surface area contributed by atoms with E-state index in [4.69, 9.17) is 14.2 Å². The molecule has 0 aromatic heterocycles. The fourth-order valence-electron chi connectivity index (χ4n) is 3.02. The number of hydrogen-bond donors (Lipinski definition) is 0. The van der Waals surface area contributed by atoms with Gasteiger partial charge < -0.3 is 14.2 Å². The number of benzene rings is 3. The molecular weight excluding hydrogens is 364 g/mol. The van der Waals surface area contributed by atoms with Gasteiger partial charge in [0.2, 0.25) is 5.60 Å². The van der Waals surface area contributed by atoms with Crippen LogP contribution < -0.4 is 9.47 Å². The molecule has 1 atom stereocenters. The van der Waals surface area contributed by atoms with Gasteiger partial charge in [-0.2, -0.15) is 0 Å². The van der Waals surface area contributed by atoms with Crippen LogP contribution in [0.2, 0.25) is 0 Å². The Hall–Kier alpha value is -3.27. The van der Waals surface area contributed by atoms with Gasteiger partial charge in [0.05, 0.1) is 6.61 Å². The zero-order valence-electron chi connectivity index (χ0n) is 16.8. The van der Waals surface area contributed by atoms with Gasteiger partial charge in [0.1, 0.15) is 18.1 Å². The normalized spacial score (nSPS) is 12.6. The molecule has 0 saturated heterocycles. The smallest absolute Gasteiger partial charge is 0.350 e. The first kappa shape index (κ1) is 20.5. The number of carbonyl (C=O) groups excluding carboxylic acids is 1. The average Bonchev–Trinajstić information content (AvgIpc) is 2.75. The summed E-state index contributed by atoms with van der Waals surface area (Å²) in [6.07, 6.45) is 0.416. The highest BCUT2D eigenvalue weighted by molar-refractivity contribution is 5.80. The molecule has 4 heteroatoms. The molecule has 0 fully saturated rings. The Morgan fingerprint density at radius 2 is 1.34 bits per heavy atom. The van der Waals surface area contributed by atoms with E-state index >= 15 is 0 Å². The molecule has 3 aromatic carbocycles. The number of ether oxygens (including phenoxy) is 3. The van der Waals surface area contributed by atoms with E-state index in [0.29, 0.717) is 25.4 Å². The molecular formula is C25H26O4. The summed E-state index contributed by atoms with van der Waals surface area (Å²) in [7, 11) is 0. The Labute approximate surface area is 172 Å². The summed E-state index contributed by atoms with van der Waals surface area (Å²) in [4.78, 5) is 12.6. The molecule has 0 radical (unpaired) electrons. The minimum atomic E-state index is -1.12. The maximum atomic E-state index is 12.6. The molecule has 29 heavy (non-hydrogen) atoms. The third kappa shape index (κ3) is 5.85. The topological polar surface area (TPSA) is 44.8 Å². The summed E-state index contributed by atoms with van der Waals surface area (Å²) in [6, 6.07) is 27.1. The third-order valence-electron chi connectivity index (χ3n) is 4.51. The fourth-order valence-corrected chi connectivity index (χ4v) is 3.02. The van der Waals surface area contributed by atoms with E-state index in [1.807, 2.05) is 84.9 Å². The molecule has 3 aromatic rings. The number of rotatable bonds is 9. The highest BCUT2D eigenvalue weighted by Gasteiger charge is 2.37. The average molecular weight is 390 g/mol. The van der Waals surface area contributed by atoms with Crippen molar-refractivity contribution in [3.63, 3.8) is 0 Å². The molecule has 0 amide bonds. The predicted molar refractivity (Wildman–Crippen MR) is 113 cm³/mol. The lowest BCUT2D eigenvalue weighted by Gasteiger charge is -2.28. The van der Waals surface area contributed by atoms with E-state index < -0.39 is 5.60 Å². The van der Waals surface area contributed by atoms with E-state index in [9.17, 15) is 4.79 Å². The Balaban J connectivity index is 1.69. The van der Waals surface area contributed by atoms with Gasteiger partial charge >= 0.3 is 5.97 Å². The molecule has 0 N–H and O–H groups in total. The van der Waals surface area contributed by atoms with Crippen molar-refractivity contribution in [2.45, 2.75) is 32.5 Å². The monoisotopic (exact) mass is 390 g/mol. The number of esters is 1. The van der Waals surface area contributed by atoms with Gasteiger partial charge in [0.15, 0.2) is 0 Å². The zero-order chi connectivity index (χ0) is 20.5. The van der Waals surface area contributed by atoms with Gasteiger partial charge in [-0.3, -0.25) is 0 Å². The van der Waals surface area contributed by atoms with Crippen molar-refractivity contribution >= 4 is 5.97 Å². The minimum absolute atomic E-state index is 0.304. The SMILES string of the molecule is CCOC(=O)C(C)(Cc1ccccc1)Oc1ccc(OCc2ccccc2)cc1. The lowest BCUT2D eigenvalue weighted by atomic mass is 9.96. The summed E-state index contributed by atoms with van der Waals surface area (Å²) in [6.45, 7) is 4.35. The van der Waals surface area contributed by atoms with Crippen molar-refractivity contribution < 1.29 is 19.0 Å². The van der Waals surface area contributed by atoms with Crippen LogP contribution in [0, 0.1) is 0 Å². The molecule has 0 bridgehead atoms. The summed E-state index contributed by atoms with van der Waals surface area (Å²) < 4.78 is 17.2. The number of carbonyl (C=O) groups is 1. The number of hydrogen-bond acceptors (Lipinski definition) is 4. The highest BCUT2D eigenvalue weighted by atomic mass is 16.6. The third-order valence-corrected chi connectivity index (χ3v) is 4.51. The summed E-state index contributed by atoms with van der Waals surface area (Å²) in [5.74, 6) is 0.943. The maximum absolute atomic E-state index is 12.6. The van der Waals surface area contributed by atoms with Crippen LogP contribution in [0.5, 0.6) is 11.5 Å². The van der Waals surface area contributed by atoms with Crippen LogP contribution in [-0.2, 0) is 22.6 Å². The van der Waals surface area contributed by atoms with Gasteiger partial charge in [-0.15, -0.1) is 0 Å². The van der Waals surface area contributed by atoms with Crippen molar-refractivity contribution in [3.8, 4) is 11.5 Å². The maximum Gasteiger partial charge on any atom is 0.350 e. The van der Waals surface area contributed by atoms with Crippen LogP contribution in [0.3, 0.4) is 0 Å². The van der Waals surface area contributed by atoms with Crippen LogP contribution in [0.1, 0.15) is 25.0 Å². The van der Waals surface area contributed by atoms with Gasteiger partial charge in [-0.25, -0.2) is 4.79 Å². The predicted octanol–water partition coefficient (Wildman–Crippen LogP) is 5.21. The summed E-state index contributed by atoms with van der Waals surface area (Å²) in [5, 5.41) is 0. The minimum Gasteiger partial charge on any atom is -0.489 e. The van der Waals surface area contributed by atoms with Crippen molar-refractivity contribution in [1.29, 1.82) is 0 Å². The first-order valence-corrected chi connectivity index (χ1v) is 9.76. The van der Waals surface area contributed by atoms with Gasteiger partial charge in [0, 0.05) is 6.42 Å². The first-order valence-electron chi connectivity index (χ1n) is 9.76. The van der Waals surface area contributed by atoms with Crippen molar-refractivity contribution in [1.82, 2.24) is 0 Å². The second-order valence-corrected chi connectivity index (χ2v) is 6.96. The fraction of sp³-hybridized carbons (Fsp3) is 0.240. The van der Waals surface area contributed by atoms with Crippen LogP contribution in [0.25, 0.3) is 0 Å².